The predicted molar refractivity (Wildman–Crippen MR) is 80.9 cm³/mol. The van der Waals surface area contributed by atoms with Crippen molar-refractivity contribution >= 4 is 21.7 Å². The number of imidazole rings is 1. The molecular formula is C14H16N4O3S. The minimum Gasteiger partial charge on any atom is -0.315 e. The van der Waals surface area contributed by atoms with Crippen LogP contribution in [0.1, 0.15) is 29.0 Å². The van der Waals surface area contributed by atoms with Crippen molar-refractivity contribution in [2.24, 2.45) is 5.14 Å². The number of rotatable bonds is 3. The van der Waals surface area contributed by atoms with E-state index >= 15 is 0 Å². The number of amides is 1. The number of hydrogen-bond acceptors (Lipinski definition) is 4. The van der Waals surface area contributed by atoms with Crippen molar-refractivity contribution in [3.8, 4) is 0 Å². The van der Waals surface area contributed by atoms with Crippen LogP contribution in [-0.2, 0) is 23.0 Å². The first-order valence-corrected chi connectivity index (χ1v) is 8.48. The molecule has 2 aromatic rings. The van der Waals surface area contributed by atoms with Crippen molar-refractivity contribution in [2.75, 3.05) is 5.32 Å². The summed E-state index contributed by atoms with van der Waals surface area (Å²) in [6.07, 6.45) is 4.74. The highest BCUT2D eigenvalue weighted by Crippen LogP contribution is 2.20. The number of benzene rings is 1. The third-order valence-corrected chi connectivity index (χ3v) is 4.59. The lowest BCUT2D eigenvalue weighted by Crippen LogP contribution is -2.18. The largest absolute Gasteiger partial charge is 0.315 e. The standard InChI is InChI=1S/C14H16N4O3S/c15-22(20,21)11-6-4-10(5-7-11)14(19)17-13-9-16-12-3-1-2-8-18(12)13/h4-7,9H,1-3,8H2,(H,17,19)(H2,15,20,21). The van der Waals surface area contributed by atoms with Gasteiger partial charge in [0.15, 0.2) is 0 Å². The molecule has 0 saturated carbocycles. The molecule has 2 heterocycles. The lowest BCUT2D eigenvalue weighted by molar-refractivity contribution is 0.102. The number of carbonyl (C=O) groups excluding carboxylic acids is 1. The molecule has 0 spiro atoms. The second-order valence-electron chi connectivity index (χ2n) is 5.19. The van der Waals surface area contributed by atoms with Crippen LogP contribution in [0.15, 0.2) is 35.4 Å². The van der Waals surface area contributed by atoms with Gasteiger partial charge in [0.2, 0.25) is 10.0 Å². The number of aryl methyl sites for hydroxylation is 1. The molecule has 0 saturated heterocycles. The van der Waals surface area contributed by atoms with Gasteiger partial charge >= 0.3 is 0 Å². The molecule has 1 aromatic heterocycles. The molecule has 1 amide bonds. The topological polar surface area (TPSA) is 107 Å². The molecule has 7 nitrogen and oxygen atoms in total. The molecule has 0 fully saturated rings. The van der Waals surface area contributed by atoms with Gasteiger partial charge < -0.3 is 9.88 Å². The van der Waals surface area contributed by atoms with Gasteiger partial charge in [0.1, 0.15) is 11.6 Å². The smallest absolute Gasteiger partial charge is 0.256 e. The molecule has 22 heavy (non-hydrogen) atoms. The Kier molecular flexibility index (Phi) is 3.71. The second kappa shape index (κ2) is 5.54. The molecule has 0 unspecified atom stereocenters. The fourth-order valence-corrected chi connectivity index (χ4v) is 3.02. The van der Waals surface area contributed by atoms with Crippen LogP contribution in [0.2, 0.25) is 0 Å². The fraction of sp³-hybridized carbons (Fsp3) is 0.286. The molecule has 0 radical (unpaired) electrons. The Hall–Kier alpha value is -2.19. The van der Waals surface area contributed by atoms with E-state index in [1.807, 2.05) is 4.57 Å². The lowest BCUT2D eigenvalue weighted by Gasteiger charge is -2.16. The molecular weight excluding hydrogens is 304 g/mol. The van der Waals surface area contributed by atoms with Gasteiger partial charge in [-0.15, -0.1) is 0 Å². The van der Waals surface area contributed by atoms with Crippen molar-refractivity contribution in [1.82, 2.24) is 9.55 Å². The SMILES string of the molecule is NS(=O)(=O)c1ccc(C(=O)Nc2cnc3n2CCCC3)cc1. The molecule has 3 N–H and O–H groups in total. The summed E-state index contributed by atoms with van der Waals surface area (Å²) in [6, 6.07) is 5.50. The van der Waals surface area contributed by atoms with E-state index in [0.717, 1.165) is 31.6 Å². The number of primary sulfonamides is 1. The summed E-state index contributed by atoms with van der Waals surface area (Å²) in [6.45, 7) is 0.843. The van der Waals surface area contributed by atoms with Crippen LogP contribution in [-0.4, -0.2) is 23.9 Å². The van der Waals surface area contributed by atoms with E-state index in [-0.39, 0.29) is 10.8 Å². The third kappa shape index (κ3) is 2.88. The molecule has 3 rings (SSSR count). The van der Waals surface area contributed by atoms with Crippen LogP contribution in [0.3, 0.4) is 0 Å². The van der Waals surface area contributed by atoms with Crippen molar-refractivity contribution in [1.29, 1.82) is 0 Å². The van der Waals surface area contributed by atoms with Gasteiger partial charge in [-0.1, -0.05) is 0 Å². The third-order valence-electron chi connectivity index (χ3n) is 3.66. The van der Waals surface area contributed by atoms with Gasteiger partial charge in [-0.2, -0.15) is 0 Å². The summed E-state index contributed by atoms with van der Waals surface area (Å²) in [7, 11) is -3.75. The molecule has 0 bridgehead atoms. The van der Waals surface area contributed by atoms with Crippen LogP contribution < -0.4 is 10.5 Å². The molecule has 8 heteroatoms. The Morgan fingerprint density at radius 3 is 2.64 bits per heavy atom. The van der Waals surface area contributed by atoms with E-state index in [0.29, 0.717) is 11.4 Å². The van der Waals surface area contributed by atoms with Gasteiger partial charge in [-0.05, 0) is 37.1 Å². The summed E-state index contributed by atoms with van der Waals surface area (Å²) in [5.41, 5.74) is 0.360. The zero-order valence-electron chi connectivity index (χ0n) is 11.8. The van der Waals surface area contributed by atoms with Crippen molar-refractivity contribution in [2.45, 2.75) is 30.7 Å². The van der Waals surface area contributed by atoms with Gasteiger partial charge in [-0.25, -0.2) is 18.5 Å². The maximum absolute atomic E-state index is 12.2. The number of carbonyl (C=O) groups is 1. The summed E-state index contributed by atoms with van der Waals surface area (Å²) in [4.78, 5) is 16.5. The minimum absolute atomic E-state index is 0.0224. The Balaban J connectivity index is 1.79. The number of anilines is 1. The average molecular weight is 320 g/mol. The fourth-order valence-electron chi connectivity index (χ4n) is 2.50. The number of nitrogens with two attached hydrogens (primary N) is 1. The van der Waals surface area contributed by atoms with Crippen LogP contribution in [0.5, 0.6) is 0 Å². The zero-order chi connectivity index (χ0) is 15.7. The summed E-state index contributed by atoms with van der Waals surface area (Å²) in [5.74, 6) is 1.33. The van der Waals surface area contributed by atoms with Crippen LogP contribution in [0, 0.1) is 0 Å². The Bertz CT molecular complexity index is 809. The quantitative estimate of drug-likeness (QED) is 0.883. The monoisotopic (exact) mass is 320 g/mol. The predicted octanol–water partition coefficient (Wildman–Crippen LogP) is 1.12. The molecule has 1 aliphatic heterocycles. The van der Waals surface area contributed by atoms with E-state index < -0.39 is 10.0 Å². The van der Waals surface area contributed by atoms with Crippen LogP contribution >= 0.6 is 0 Å². The van der Waals surface area contributed by atoms with Gasteiger partial charge in [0, 0.05) is 18.5 Å². The summed E-state index contributed by atoms with van der Waals surface area (Å²) in [5, 5.41) is 7.83. The molecule has 0 atom stereocenters. The van der Waals surface area contributed by atoms with Crippen molar-refractivity contribution in [3.05, 3.63) is 41.9 Å². The first kappa shape index (κ1) is 14.7. The van der Waals surface area contributed by atoms with Gasteiger partial charge in [0.25, 0.3) is 5.91 Å². The van der Waals surface area contributed by atoms with E-state index in [2.05, 4.69) is 10.3 Å². The number of fused-ring (bicyclic) bond motifs is 1. The highest BCUT2D eigenvalue weighted by atomic mass is 32.2. The zero-order valence-corrected chi connectivity index (χ0v) is 12.6. The van der Waals surface area contributed by atoms with Gasteiger partial charge in [-0.3, -0.25) is 4.79 Å². The Labute approximate surface area is 128 Å². The number of sulfonamides is 1. The molecule has 0 aliphatic carbocycles. The number of nitrogens with one attached hydrogen (secondary N) is 1. The minimum atomic E-state index is -3.75. The second-order valence-corrected chi connectivity index (χ2v) is 6.75. The Morgan fingerprint density at radius 2 is 1.95 bits per heavy atom. The number of hydrogen-bond donors (Lipinski definition) is 2. The summed E-state index contributed by atoms with van der Waals surface area (Å²) >= 11 is 0. The Morgan fingerprint density at radius 1 is 1.23 bits per heavy atom. The first-order valence-electron chi connectivity index (χ1n) is 6.94. The molecule has 116 valence electrons. The normalized spacial score (nSPS) is 14.4. The van der Waals surface area contributed by atoms with Crippen LogP contribution in [0.25, 0.3) is 0 Å². The van der Waals surface area contributed by atoms with E-state index in [9.17, 15) is 13.2 Å². The lowest BCUT2D eigenvalue weighted by atomic mass is 10.2. The number of nitrogens with zero attached hydrogens (tertiary/aromatic N) is 2. The maximum atomic E-state index is 12.2. The highest BCUT2D eigenvalue weighted by Gasteiger charge is 2.16. The average Bonchev–Trinajstić information content (AvgIpc) is 2.90. The first-order chi connectivity index (χ1) is 10.4. The number of aromatic nitrogens is 2. The van der Waals surface area contributed by atoms with Crippen molar-refractivity contribution in [3.63, 3.8) is 0 Å². The molecule has 1 aromatic carbocycles. The molecule has 1 aliphatic rings. The summed E-state index contributed by atoms with van der Waals surface area (Å²) < 4.78 is 24.4. The maximum Gasteiger partial charge on any atom is 0.256 e. The van der Waals surface area contributed by atoms with Crippen molar-refractivity contribution < 1.29 is 13.2 Å². The van der Waals surface area contributed by atoms with E-state index in [4.69, 9.17) is 5.14 Å². The van der Waals surface area contributed by atoms with E-state index in [1.54, 1.807) is 6.20 Å². The van der Waals surface area contributed by atoms with Gasteiger partial charge in [0.05, 0.1) is 11.1 Å². The van der Waals surface area contributed by atoms with E-state index in [1.165, 1.54) is 24.3 Å². The highest BCUT2D eigenvalue weighted by molar-refractivity contribution is 7.89. The van der Waals surface area contributed by atoms with Crippen LogP contribution in [0.4, 0.5) is 5.82 Å².